The Hall–Kier alpha value is -1.58. The van der Waals surface area contributed by atoms with Gasteiger partial charge in [0.1, 0.15) is 11.6 Å². The fraction of sp³-hybridized carbons (Fsp3) is 0.300. The zero-order valence-corrected chi connectivity index (χ0v) is 8.13. The predicted molar refractivity (Wildman–Crippen MR) is 50.7 cm³/mol. The van der Waals surface area contributed by atoms with Gasteiger partial charge in [-0.15, -0.1) is 0 Å². The first-order chi connectivity index (χ1) is 6.63. The lowest BCUT2D eigenvalue weighted by molar-refractivity contribution is -0.122. The molecule has 0 spiro atoms. The van der Waals surface area contributed by atoms with Crippen molar-refractivity contribution in [1.82, 2.24) is 5.32 Å². The number of aryl methyl sites for hydroxylation is 1. The Bertz CT molecular complexity index is 339. The summed E-state index contributed by atoms with van der Waals surface area (Å²) in [6, 6.07) is 4.17. The summed E-state index contributed by atoms with van der Waals surface area (Å²) < 4.78 is 17.8. The smallest absolute Gasteiger partial charge is 0.257 e. The number of rotatable bonds is 3. The van der Waals surface area contributed by atoms with Crippen molar-refractivity contribution in [3.8, 4) is 5.75 Å². The fourth-order valence-corrected chi connectivity index (χ4v) is 0.990. The van der Waals surface area contributed by atoms with Gasteiger partial charge in [0.05, 0.1) is 0 Å². The molecule has 0 saturated heterocycles. The summed E-state index contributed by atoms with van der Waals surface area (Å²) in [7, 11) is 1.53. The van der Waals surface area contributed by atoms with Crippen LogP contribution in [0, 0.1) is 12.7 Å². The fourth-order valence-electron chi connectivity index (χ4n) is 0.990. The topological polar surface area (TPSA) is 38.3 Å². The number of hydrogen-bond donors (Lipinski definition) is 1. The molecule has 0 unspecified atom stereocenters. The lowest BCUT2D eigenvalue weighted by atomic mass is 10.2. The van der Waals surface area contributed by atoms with E-state index in [2.05, 4.69) is 5.32 Å². The summed E-state index contributed by atoms with van der Waals surface area (Å²) in [5.41, 5.74) is 0.675. The number of carbonyl (C=O) groups is 1. The molecule has 0 fully saturated rings. The summed E-state index contributed by atoms with van der Waals surface area (Å²) in [6.45, 7) is 1.67. The Balaban J connectivity index is 2.63. The van der Waals surface area contributed by atoms with Crippen LogP contribution in [0.5, 0.6) is 5.75 Å². The van der Waals surface area contributed by atoms with E-state index in [1.54, 1.807) is 6.92 Å². The molecule has 0 atom stereocenters. The molecule has 0 aliphatic rings. The van der Waals surface area contributed by atoms with Crippen molar-refractivity contribution in [2.24, 2.45) is 0 Å². The van der Waals surface area contributed by atoms with Crippen molar-refractivity contribution in [2.45, 2.75) is 6.92 Å². The van der Waals surface area contributed by atoms with Crippen LogP contribution in [0.15, 0.2) is 18.2 Å². The number of carbonyl (C=O) groups excluding carboxylic acids is 1. The molecule has 0 saturated carbocycles. The third kappa shape index (κ3) is 2.73. The largest absolute Gasteiger partial charge is 0.484 e. The van der Waals surface area contributed by atoms with Gasteiger partial charge in [0.25, 0.3) is 5.91 Å². The molecule has 0 aliphatic heterocycles. The summed E-state index contributed by atoms with van der Waals surface area (Å²) in [5, 5.41) is 2.43. The number of benzene rings is 1. The number of likely N-dealkylation sites (N-methyl/N-ethyl adjacent to an activating group) is 1. The van der Waals surface area contributed by atoms with E-state index < -0.39 is 0 Å². The van der Waals surface area contributed by atoms with Crippen LogP contribution in [0.2, 0.25) is 0 Å². The lowest BCUT2D eigenvalue weighted by Gasteiger charge is -2.07. The predicted octanol–water partition coefficient (Wildman–Crippen LogP) is 1.26. The molecule has 1 aromatic carbocycles. The molecule has 1 aromatic rings. The normalized spacial score (nSPS) is 9.64. The molecule has 0 bridgehead atoms. The van der Waals surface area contributed by atoms with Crippen molar-refractivity contribution in [3.05, 3.63) is 29.6 Å². The number of amides is 1. The maximum atomic E-state index is 12.7. The summed E-state index contributed by atoms with van der Waals surface area (Å²) in [5.74, 6) is -0.00137. The molecule has 1 N–H and O–H groups in total. The van der Waals surface area contributed by atoms with E-state index in [0.29, 0.717) is 11.3 Å². The summed E-state index contributed by atoms with van der Waals surface area (Å²) >= 11 is 0. The molecule has 1 rings (SSSR count). The summed E-state index contributed by atoms with van der Waals surface area (Å²) in [4.78, 5) is 10.9. The van der Waals surface area contributed by atoms with Gasteiger partial charge >= 0.3 is 0 Å². The molecule has 0 aromatic heterocycles. The minimum Gasteiger partial charge on any atom is -0.484 e. The standard InChI is InChI=1S/C10H12FNO2/c1-7-5-8(11)3-4-9(7)14-6-10(13)12-2/h3-5H,6H2,1-2H3,(H,12,13). The number of halogens is 1. The first kappa shape index (κ1) is 10.5. The van der Waals surface area contributed by atoms with Gasteiger partial charge in [0.2, 0.25) is 0 Å². The zero-order valence-electron chi connectivity index (χ0n) is 8.13. The van der Waals surface area contributed by atoms with E-state index in [1.807, 2.05) is 0 Å². The quantitative estimate of drug-likeness (QED) is 0.792. The minimum atomic E-state index is -0.310. The van der Waals surface area contributed by atoms with Gasteiger partial charge in [-0.3, -0.25) is 4.79 Å². The molecule has 4 heteroatoms. The Morgan fingerprint density at radius 3 is 2.86 bits per heavy atom. The molecular formula is C10H12FNO2. The van der Waals surface area contributed by atoms with Gasteiger partial charge in [-0.1, -0.05) is 0 Å². The SMILES string of the molecule is CNC(=O)COc1ccc(F)cc1C. The Morgan fingerprint density at radius 2 is 2.29 bits per heavy atom. The monoisotopic (exact) mass is 197 g/mol. The van der Waals surface area contributed by atoms with Crippen LogP contribution in [0.25, 0.3) is 0 Å². The van der Waals surface area contributed by atoms with E-state index in [0.717, 1.165) is 0 Å². The second-order valence-corrected chi connectivity index (χ2v) is 2.87. The van der Waals surface area contributed by atoms with Crippen molar-refractivity contribution in [2.75, 3.05) is 13.7 Å². The van der Waals surface area contributed by atoms with Crippen LogP contribution >= 0.6 is 0 Å². The van der Waals surface area contributed by atoms with Gasteiger partial charge in [-0.05, 0) is 30.7 Å². The van der Waals surface area contributed by atoms with E-state index >= 15 is 0 Å². The Morgan fingerprint density at radius 1 is 1.57 bits per heavy atom. The molecule has 3 nitrogen and oxygen atoms in total. The molecule has 76 valence electrons. The molecule has 1 amide bonds. The van der Waals surface area contributed by atoms with E-state index in [-0.39, 0.29) is 18.3 Å². The highest BCUT2D eigenvalue weighted by Gasteiger charge is 2.03. The second-order valence-electron chi connectivity index (χ2n) is 2.87. The number of ether oxygens (including phenoxy) is 1. The van der Waals surface area contributed by atoms with Crippen molar-refractivity contribution < 1.29 is 13.9 Å². The highest BCUT2D eigenvalue weighted by Crippen LogP contribution is 2.17. The zero-order chi connectivity index (χ0) is 10.6. The van der Waals surface area contributed by atoms with Gasteiger partial charge in [0, 0.05) is 7.05 Å². The molecule has 0 aliphatic carbocycles. The van der Waals surface area contributed by atoms with Gasteiger partial charge < -0.3 is 10.1 Å². The third-order valence-electron chi connectivity index (χ3n) is 1.77. The minimum absolute atomic E-state index is 0.0526. The summed E-state index contributed by atoms with van der Waals surface area (Å²) in [6.07, 6.45) is 0. The molecule has 14 heavy (non-hydrogen) atoms. The average molecular weight is 197 g/mol. The number of nitrogens with one attached hydrogen (secondary N) is 1. The average Bonchev–Trinajstić information content (AvgIpc) is 2.16. The maximum absolute atomic E-state index is 12.7. The van der Waals surface area contributed by atoms with Crippen LogP contribution in [-0.2, 0) is 4.79 Å². The highest BCUT2D eigenvalue weighted by molar-refractivity contribution is 5.77. The Labute approximate surface area is 81.9 Å². The van der Waals surface area contributed by atoms with E-state index in [9.17, 15) is 9.18 Å². The first-order valence-electron chi connectivity index (χ1n) is 4.23. The van der Waals surface area contributed by atoms with Gasteiger partial charge in [-0.2, -0.15) is 0 Å². The molecular weight excluding hydrogens is 185 g/mol. The maximum Gasteiger partial charge on any atom is 0.257 e. The molecule has 0 radical (unpaired) electrons. The van der Waals surface area contributed by atoms with E-state index in [4.69, 9.17) is 4.74 Å². The van der Waals surface area contributed by atoms with Gasteiger partial charge in [-0.25, -0.2) is 4.39 Å². The van der Waals surface area contributed by atoms with Crippen LogP contribution in [0.4, 0.5) is 4.39 Å². The van der Waals surface area contributed by atoms with Gasteiger partial charge in [0.15, 0.2) is 6.61 Å². The lowest BCUT2D eigenvalue weighted by Crippen LogP contribution is -2.24. The van der Waals surface area contributed by atoms with Crippen LogP contribution < -0.4 is 10.1 Å². The van der Waals surface area contributed by atoms with Crippen LogP contribution in [0.3, 0.4) is 0 Å². The molecule has 0 heterocycles. The third-order valence-corrected chi connectivity index (χ3v) is 1.77. The number of hydrogen-bond acceptors (Lipinski definition) is 2. The van der Waals surface area contributed by atoms with Crippen molar-refractivity contribution in [1.29, 1.82) is 0 Å². The first-order valence-corrected chi connectivity index (χ1v) is 4.23. The van der Waals surface area contributed by atoms with Crippen LogP contribution in [0.1, 0.15) is 5.56 Å². The second kappa shape index (κ2) is 4.60. The van der Waals surface area contributed by atoms with Crippen molar-refractivity contribution in [3.63, 3.8) is 0 Å². The van der Waals surface area contributed by atoms with Crippen molar-refractivity contribution >= 4 is 5.91 Å². The highest BCUT2D eigenvalue weighted by atomic mass is 19.1. The van der Waals surface area contributed by atoms with E-state index in [1.165, 1.54) is 25.2 Å². The van der Waals surface area contributed by atoms with Crippen LogP contribution in [-0.4, -0.2) is 19.6 Å². The Kier molecular flexibility index (Phi) is 3.45.